The highest BCUT2D eigenvalue weighted by Crippen LogP contribution is 2.25. The standard InChI is InChI=1S/C18H22F3N3/c1-13-2-3-16-15(10-13)17(4-7-22-16)23-11-14-5-8-24(9-6-14)12-18(19,20)21/h2-4,7,10,14H,5-6,8-9,11-12H2,1H3,(H,22,23). The average Bonchev–Trinajstić information content (AvgIpc) is 2.53. The molecule has 1 N–H and O–H groups in total. The number of pyridine rings is 1. The zero-order valence-corrected chi connectivity index (χ0v) is 13.7. The summed E-state index contributed by atoms with van der Waals surface area (Å²) >= 11 is 0. The fourth-order valence-corrected chi connectivity index (χ4v) is 3.27. The fourth-order valence-electron chi connectivity index (χ4n) is 3.27. The van der Waals surface area contributed by atoms with E-state index in [0.29, 0.717) is 19.0 Å². The molecule has 0 aliphatic carbocycles. The molecule has 130 valence electrons. The van der Waals surface area contributed by atoms with Crippen LogP contribution in [0.5, 0.6) is 0 Å². The van der Waals surface area contributed by atoms with Crippen LogP contribution in [0.1, 0.15) is 18.4 Å². The number of likely N-dealkylation sites (tertiary alicyclic amines) is 1. The molecule has 1 fully saturated rings. The second kappa shape index (κ2) is 6.97. The van der Waals surface area contributed by atoms with E-state index in [2.05, 4.69) is 16.4 Å². The highest BCUT2D eigenvalue weighted by molar-refractivity contribution is 5.91. The number of benzene rings is 1. The third-order valence-corrected chi connectivity index (χ3v) is 4.59. The number of nitrogens with one attached hydrogen (secondary N) is 1. The number of piperidine rings is 1. The van der Waals surface area contributed by atoms with Crippen LogP contribution in [0.2, 0.25) is 0 Å². The minimum atomic E-state index is -4.10. The van der Waals surface area contributed by atoms with Crippen molar-refractivity contribution in [3.8, 4) is 0 Å². The van der Waals surface area contributed by atoms with Gasteiger partial charge in [-0.25, -0.2) is 0 Å². The molecule has 0 saturated carbocycles. The second-order valence-corrected chi connectivity index (χ2v) is 6.59. The van der Waals surface area contributed by atoms with E-state index in [1.54, 1.807) is 6.20 Å². The van der Waals surface area contributed by atoms with Crippen LogP contribution < -0.4 is 5.32 Å². The molecule has 1 aliphatic heterocycles. The number of hydrogen-bond donors (Lipinski definition) is 1. The lowest BCUT2D eigenvalue weighted by Crippen LogP contribution is -2.41. The average molecular weight is 337 g/mol. The highest BCUT2D eigenvalue weighted by atomic mass is 19.4. The molecule has 0 atom stereocenters. The van der Waals surface area contributed by atoms with Crippen molar-refractivity contribution in [2.24, 2.45) is 5.92 Å². The monoisotopic (exact) mass is 337 g/mol. The van der Waals surface area contributed by atoms with Crippen LogP contribution in [0.15, 0.2) is 30.5 Å². The summed E-state index contributed by atoms with van der Waals surface area (Å²) in [6.45, 7) is 3.07. The maximum Gasteiger partial charge on any atom is 0.401 e. The smallest absolute Gasteiger partial charge is 0.384 e. The number of anilines is 1. The molecule has 3 nitrogen and oxygen atoms in total. The lowest BCUT2D eigenvalue weighted by Gasteiger charge is -2.32. The maximum absolute atomic E-state index is 12.4. The Labute approximate surface area is 139 Å². The second-order valence-electron chi connectivity index (χ2n) is 6.59. The highest BCUT2D eigenvalue weighted by Gasteiger charge is 2.32. The Balaban J connectivity index is 1.57. The molecule has 2 aromatic rings. The normalized spacial score (nSPS) is 17.3. The van der Waals surface area contributed by atoms with Crippen LogP contribution in [0.4, 0.5) is 18.9 Å². The summed E-state index contributed by atoms with van der Waals surface area (Å²) in [6, 6.07) is 8.11. The molecule has 1 saturated heterocycles. The molecular formula is C18H22F3N3. The quantitative estimate of drug-likeness (QED) is 0.905. The van der Waals surface area contributed by atoms with Crippen molar-refractivity contribution in [1.29, 1.82) is 0 Å². The summed E-state index contributed by atoms with van der Waals surface area (Å²) in [6.07, 6.45) is -0.721. The van der Waals surface area contributed by atoms with E-state index in [4.69, 9.17) is 0 Å². The number of aromatic nitrogens is 1. The molecule has 0 spiro atoms. The van der Waals surface area contributed by atoms with Gasteiger partial charge in [-0.1, -0.05) is 11.6 Å². The van der Waals surface area contributed by atoms with E-state index in [1.807, 2.05) is 25.1 Å². The Morgan fingerprint density at radius 1 is 1.21 bits per heavy atom. The third kappa shape index (κ3) is 4.38. The van der Waals surface area contributed by atoms with Crippen molar-refractivity contribution >= 4 is 16.6 Å². The zero-order valence-electron chi connectivity index (χ0n) is 13.7. The number of halogens is 3. The number of hydrogen-bond acceptors (Lipinski definition) is 3. The summed E-state index contributed by atoms with van der Waals surface area (Å²) < 4.78 is 37.3. The van der Waals surface area contributed by atoms with Gasteiger partial charge in [0.05, 0.1) is 12.1 Å². The first kappa shape index (κ1) is 17.0. The topological polar surface area (TPSA) is 28.2 Å². The first-order chi connectivity index (χ1) is 11.4. The molecule has 0 amide bonds. The van der Waals surface area contributed by atoms with Crippen LogP contribution in [-0.4, -0.2) is 42.2 Å². The van der Waals surface area contributed by atoms with Crippen LogP contribution in [0, 0.1) is 12.8 Å². The molecule has 0 bridgehead atoms. The van der Waals surface area contributed by atoms with Gasteiger partial charge in [0.1, 0.15) is 0 Å². The van der Waals surface area contributed by atoms with E-state index in [9.17, 15) is 13.2 Å². The van der Waals surface area contributed by atoms with Crippen LogP contribution in [-0.2, 0) is 0 Å². The van der Waals surface area contributed by atoms with Crippen molar-refractivity contribution in [1.82, 2.24) is 9.88 Å². The minimum Gasteiger partial charge on any atom is -0.384 e. The van der Waals surface area contributed by atoms with Gasteiger partial charge in [-0.2, -0.15) is 13.2 Å². The minimum absolute atomic E-state index is 0.405. The Kier molecular flexibility index (Phi) is 4.94. The van der Waals surface area contributed by atoms with Crippen molar-refractivity contribution in [2.45, 2.75) is 25.9 Å². The van der Waals surface area contributed by atoms with E-state index >= 15 is 0 Å². The van der Waals surface area contributed by atoms with Gasteiger partial charge in [0.15, 0.2) is 0 Å². The summed E-state index contributed by atoms with van der Waals surface area (Å²) in [4.78, 5) is 5.87. The van der Waals surface area contributed by atoms with Gasteiger partial charge in [-0.3, -0.25) is 9.88 Å². The molecular weight excluding hydrogens is 315 g/mol. The molecule has 24 heavy (non-hydrogen) atoms. The predicted molar refractivity (Wildman–Crippen MR) is 90.2 cm³/mol. The van der Waals surface area contributed by atoms with Crippen LogP contribution in [0.3, 0.4) is 0 Å². The van der Waals surface area contributed by atoms with E-state index < -0.39 is 12.7 Å². The molecule has 1 aliphatic rings. The SMILES string of the molecule is Cc1ccc2nccc(NCC3CCN(CC(F)(F)F)CC3)c2c1. The summed E-state index contributed by atoms with van der Waals surface area (Å²) in [7, 11) is 0. The number of aryl methyl sites for hydroxylation is 1. The maximum atomic E-state index is 12.4. The summed E-state index contributed by atoms with van der Waals surface area (Å²) in [5.74, 6) is 0.405. The first-order valence-electron chi connectivity index (χ1n) is 8.29. The lowest BCUT2D eigenvalue weighted by atomic mass is 9.96. The van der Waals surface area contributed by atoms with Crippen molar-refractivity contribution in [3.05, 3.63) is 36.0 Å². The Morgan fingerprint density at radius 2 is 1.96 bits per heavy atom. The summed E-state index contributed by atoms with van der Waals surface area (Å²) in [5, 5.41) is 4.56. The largest absolute Gasteiger partial charge is 0.401 e. The molecule has 6 heteroatoms. The van der Waals surface area contributed by atoms with Crippen LogP contribution in [0.25, 0.3) is 10.9 Å². The zero-order chi connectivity index (χ0) is 17.2. The Bertz CT molecular complexity index is 691. The number of rotatable bonds is 4. The lowest BCUT2D eigenvalue weighted by molar-refractivity contribution is -0.148. The number of nitrogens with zero attached hydrogens (tertiary/aromatic N) is 2. The van der Waals surface area contributed by atoms with Gasteiger partial charge in [0.25, 0.3) is 0 Å². The Hall–Kier alpha value is -1.82. The van der Waals surface area contributed by atoms with Gasteiger partial charge in [-0.15, -0.1) is 0 Å². The van der Waals surface area contributed by atoms with E-state index in [0.717, 1.165) is 36.0 Å². The van der Waals surface area contributed by atoms with Crippen molar-refractivity contribution < 1.29 is 13.2 Å². The number of fused-ring (bicyclic) bond motifs is 1. The first-order valence-corrected chi connectivity index (χ1v) is 8.29. The molecule has 0 radical (unpaired) electrons. The predicted octanol–water partition coefficient (Wildman–Crippen LogP) is 4.23. The molecule has 1 aromatic carbocycles. The van der Waals surface area contributed by atoms with Crippen LogP contribution >= 0.6 is 0 Å². The number of alkyl halides is 3. The summed E-state index contributed by atoms with van der Waals surface area (Å²) in [5.41, 5.74) is 3.17. The van der Waals surface area contributed by atoms with Crippen molar-refractivity contribution in [2.75, 3.05) is 31.5 Å². The van der Waals surface area contributed by atoms with Gasteiger partial charge >= 0.3 is 6.18 Å². The molecule has 0 unspecified atom stereocenters. The molecule has 2 heterocycles. The van der Waals surface area contributed by atoms with Crippen molar-refractivity contribution in [3.63, 3.8) is 0 Å². The van der Waals surface area contributed by atoms with Gasteiger partial charge in [-0.05, 0) is 57.0 Å². The van der Waals surface area contributed by atoms with Gasteiger partial charge < -0.3 is 5.32 Å². The molecule has 3 rings (SSSR count). The van der Waals surface area contributed by atoms with Gasteiger partial charge in [0, 0.05) is 23.8 Å². The fraction of sp³-hybridized carbons (Fsp3) is 0.500. The van der Waals surface area contributed by atoms with E-state index in [1.165, 1.54) is 10.5 Å². The van der Waals surface area contributed by atoms with Gasteiger partial charge in [0.2, 0.25) is 0 Å². The Morgan fingerprint density at radius 3 is 2.67 bits per heavy atom. The third-order valence-electron chi connectivity index (χ3n) is 4.59. The van der Waals surface area contributed by atoms with E-state index in [-0.39, 0.29) is 0 Å². The molecule has 1 aromatic heterocycles.